The van der Waals surface area contributed by atoms with E-state index in [9.17, 15) is 9.18 Å². The van der Waals surface area contributed by atoms with E-state index in [4.69, 9.17) is 25.8 Å². The second-order valence-corrected chi connectivity index (χ2v) is 9.90. The third kappa shape index (κ3) is 4.42. The highest BCUT2D eigenvalue weighted by molar-refractivity contribution is 6.36. The van der Waals surface area contributed by atoms with Crippen LogP contribution in [0, 0.1) is 0 Å². The maximum absolute atomic E-state index is 13.4. The largest absolute Gasteiger partial charge is 0.486 e. The van der Waals surface area contributed by atoms with Crippen molar-refractivity contribution in [3.8, 4) is 16.9 Å². The molecular weight excluding hydrogens is 527 g/mol. The Morgan fingerprint density at radius 2 is 1.92 bits per heavy atom. The molecule has 0 radical (unpaired) electrons. The van der Waals surface area contributed by atoms with E-state index in [1.54, 1.807) is 0 Å². The van der Waals surface area contributed by atoms with Gasteiger partial charge in [0.15, 0.2) is 29.2 Å². The first-order chi connectivity index (χ1) is 19.1. The van der Waals surface area contributed by atoms with E-state index in [0.29, 0.717) is 66.4 Å². The van der Waals surface area contributed by atoms with Crippen LogP contribution in [0.25, 0.3) is 16.8 Å². The zero-order valence-electron chi connectivity index (χ0n) is 20.6. The summed E-state index contributed by atoms with van der Waals surface area (Å²) in [6.07, 6.45) is 0.372. The smallest absolute Gasteiger partial charge is 0.271 e. The number of ether oxygens (including phenoxy) is 3. The lowest BCUT2D eigenvalue weighted by Gasteiger charge is -2.23. The molecule has 12 heteroatoms. The fourth-order valence-electron chi connectivity index (χ4n) is 4.75. The standard InChI is InChI=1S/C27H24ClFN6O4/c28-21-16(14-4-6-15(7-5-14)27-38-10-11-39-27)2-1-3-18(21)32-24-23-22(30-8-9-37-23)25-31-13-20(35(25)34-24)26(36)33-19-12-17(19)29/h1-7,13,17,19,27,30H,8-12H2,(H,32,34)(H,33,36)/t17-,19+/m0/s1. The fourth-order valence-corrected chi connectivity index (χ4v) is 5.04. The highest BCUT2D eigenvalue weighted by atomic mass is 35.5. The van der Waals surface area contributed by atoms with Crippen LogP contribution in [0.1, 0.15) is 28.8 Å². The molecule has 7 rings (SSSR count). The Labute approximate surface area is 227 Å². The van der Waals surface area contributed by atoms with Crippen molar-refractivity contribution in [2.24, 2.45) is 0 Å². The molecule has 2 fully saturated rings. The number of amides is 1. The minimum Gasteiger partial charge on any atom is -0.486 e. The Morgan fingerprint density at radius 3 is 2.69 bits per heavy atom. The number of hydrogen-bond acceptors (Lipinski definition) is 8. The van der Waals surface area contributed by atoms with Gasteiger partial charge in [-0.3, -0.25) is 4.79 Å². The van der Waals surface area contributed by atoms with Crippen molar-refractivity contribution in [1.82, 2.24) is 19.9 Å². The number of nitrogens with one attached hydrogen (secondary N) is 3. The summed E-state index contributed by atoms with van der Waals surface area (Å²) < 4.78 is 31.9. The summed E-state index contributed by atoms with van der Waals surface area (Å²) >= 11 is 6.89. The van der Waals surface area contributed by atoms with Crippen molar-refractivity contribution in [3.05, 3.63) is 64.9 Å². The number of aromatic nitrogens is 3. The Hall–Kier alpha value is -3.93. The molecule has 0 unspecified atom stereocenters. The third-order valence-electron chi connectivity index (χ3n) is 6.88. The molecule has 2 aliphatic heterocycles. The van der Waals surface area contributed by atoms with E-state index in [-0.39, 0.29) is 12.0 Å². The molecule has 10 nitrogen and oxygen atoms in total. The van der Waals surface area contributed by atoms with Gasteiger partial charge < -0.3 is 30.2 Å². The monoisotopic (exact) mass is 550 g/mol. The van der Waals surface area contributed by atoms with Crippen molar-refractivity contribution in [2.45, 2.75) is 24.9 Å². The maximum Gasteiger partial charge on any atom is 0.271 e. The number of fused-ring (bicyclic) bond motifs is 3. The number of carbonyl (C=O) groups is 1. The van der Waals surface area contributed by atoms with Gasteiger partial charge in [0.05, 0.1) is 36.2 Å². The van der Waals surface area contributed by atoms with Crippen molar-refractivity contribution >= 4 is 40.3 Å². The van der Waals surface area contributed by atoms with Crippen LogP contribution in [-0.4, -0.2) is 59.1 Å². The van der Waals surface area contributed by atoms with E-state index >= 15 is 0 Å². The van der Waals surface area contributed by atoms with Crippen LogP contribution in [0.15, 0.2) is 48.7 Å². The molecule has 4 aromatic rings. The molecule has 2 aromatic carbocycles. The van der Waals surface area contributed by atoms with E-state index in [0.717, 1.165) is 16.7 Å². The highest BCUT2D eigenvalue weighted by Crippen LogP contribution is 2.41. The number of nitrogens with zero attached hydrogens (tertiary/aromatic N) is 3. The lowest BCUT2D eigenvalue weighted by atomic mass is 10.0. The first-order valence-electron chi connectivity index (χ1n) is 12.7. The summed E-state index contributed by atoms with van der Waals surface area (Å²) in [6, 6.07) is 13.1. The Bertz CT molecular complexity index is 1570. The molecule has 1 aliphatic carbocycles. The van der Waals surface area contributed by atoms with Gasteiger partial charge in [-0.25, -0.2) is 13.9 Å². The summed E-state index contributed by atoms with van der Waals surface area (Å²) in [5.41, 5.74) is 4.52. The molecule has 1 amide bonds. The average Bonchev–Trinajstić information content (AvgIpc) is 3.33. The van der Waals surface area contributed by atoms with Crippen LogP contribution >= 0.6 is 11.6 Å². The van der Waals surface area contributed by atoms with Gasteiger partial charge in [0.25, 0.3) is 5.91 Å². The van der Waals surface area contributed by atoms with Crippen LogP contribution in [0.4, 0.5) is 21.6 Å². The molecule has 2 atom stereocenters. The average molecular weight is 551 g/mol. The molecular formula is C27H24ClFN6O4. The molecule has 39 heavy (non-hydrogen) atoms. The Balaban J connectivity index is 1.23. The Kier molecular flexibility index (Phi) is 5.98. The molecule has 3 N–H and O–H groups in total. The second-order valence-electron chi connectivity index (χ2n) is 9.53. The maximum atomic E-state index is 13.4. The molecule has 200 valence electrons. The first kappa shape index (κ1) is 24.1. The van der Waals surface area contributed by atoms with Crippen molar-refractivity contribution in [2.75, 3.05) is 37.0 Å². The number of carbonyl (C=O) groups excluding carboxylic acids is 1. The van der Waals surface area contributed by atoms with Gasteiger partial charge >= 0.3 is 0 Å². The van der Waals surface area contributed by atoms with E-state index in [1.807, 2.05) is 42.5 Å². The van der Waals surface area contributed by atoms with Crippen molar-refractivity contribution < 1.29 is 23.4 Å². The van der Waals surface area contributed by atoms with E-state index < -0.39 is 18.1 Å². The summed E-state index contributed by atoms with van der Waals surface area (Å²) in [5, 5.41) is 14.4. The third-order valence-corrected chi connectivity index (χ3v) is 7.29. The number of imidazole rings is 1. The zero-order chi connectivity index (χ0) is 26.5. The number of alkyl halides is 1. The minimum absolute atomic E-state index is 0.192. The summed E-state index contributed by atoms with van der Waals surface area (Å²) in [4.78, 5) is 17.2. The number of hydrogen-bond donors (Lipinski definition) is 3. The van der Waals surface area contributed by atoms with Gasteiger partial charge in [-0.15, -0.1) is 5.10 Å². The summed E-state index contributed by atoms with van der Waals surface area (Å²) in [6.45, 7) is 2.16. The topological polar surface area (TPSA) is 111 Å². The predicted molar refractivity (Wildman–Crippen MR) is 143 cm³/mol. The minimum atomic E-state index is -1.02. The fraction of sp³-hybridized carbons (Fsp3) is 0.296. The quantitative estimate of drug-likeness (QED) is 0.322. The molecule has 4 heterocycles. The lowest BCUT2D eigenvalue weighted by Crippen LogP contribution is -2.29. The molecule has 1 saturated carbocycles. The zero-order valence-corrected chi connectivity index (χ0v) is 21.4. The van der Waals surface area contributed by atoms with Gasteiger partial charge in [-0.05, 0) is 11.6 Å². The Morgan fingerprint density at radius 1 is 1.13 bits per heavy atom. The van der Waals surface area contributed by atoms with Crippen LogP contribution in [0.5, 0.6) is 5.75 Å². The van der Waals surface area contributed by atoms with Crippen LogP contribution in [0.2, 0.25) is 5.02 Å². The number of anilines is 3. The van der Waals surface area contributed by atoms with Gasteiger partial charge in [0, 0.05) is 24.1 Å². The molecule has 0 bridgehead atoms. The van der Waals surface area contributed by atoms with Crippen LogP contribution in [0.3, 0.4) is 0 Å². The molecule has 2 aromatic heterocycles. The SMILES string of the molecule is O=C(N[C@@H]1C[C@@H]1F)c1cnc2c3c(c(Nc4cccc(-c5ccc(C6OCCO6)cc5)c4Cl)nn12)OCCN3. The first-order valence-corrected chi connectivity index (χ1v) is 13.1. The molecule has 0 spiro atoms. The predicted octanol–water partition coefficient (Wildman–Crippen LogP) is 4.48. The normalized spacial score (nSPS) is 20.3. The summed E-state index contributed by atoms with van der Waals surface area (Å²) in [7, 11) is 0. The number of rotatable bonds is 6. The number of halogens is 2. The van der Waals surface area contributed by atoms with Gasteiger partial charge in [-0.1, -0.05) is 48.0 Å². The van der Waals surface area contributed by atoms with Crippen molar-refractivity contribution in [3.63, 3.8) is 0 Å². The van der Waals surface area contributed by atoms with Crippen LogP contribution in [-0.2, 0) is 9.47 Å². The number of benzene rings is 2. The lowest BCUT2D eigenvalue weighted by molar-refractivity contribution is -0.0441. The van der Waals surface area contributed by atoms with Crippen molar-refractivity contribution in [1.29, 1.82) is 0 Å². The van der Waals surface area contributed by atoms with Gasteiger partial charge in [0.2, 0.25) is 0 Å². The summed E-state index contributed by atoms with van der Waals surface area (Å²) in [5.74, 6) is 0.385. The van der Waals surface area contributed by atoms with Crippen LogP contribution < -0.4 is 20.7 Å². The molecule has 1 saturated heterocycles. The second kappa shape index (κ2) is 9.67. The van der Waals surface area contributed by atoms with Gasteiger partial charge in [-0.2, -0.15) is 0 Å². The molecule has 3 aliphatic rings. The van der Waals surface area contributed by atoms with Gasteiger partial charge in [0.1, 0.15) is 18.5 Å². The van der Waals surface area contributed by atoms with E-state index in [2.05, 4.69) is 26.0 Å². The van der Waals surface area contributed by atoms with E-state index in [1.165, 1.54) is 10.7 Å². The highest BCUT2D eigenvalue weighted by Gasteiger charge is 2.39.